The van der Waals surface area contributed by atoms with E-state index in [0.29, 0.717) is 22.2 Å². The van der Waals surface area contributed by atoms with Gasteiger partial charge in [0.15, 0.2) is 0 Å². The minimum absolute atomic E-state index is 0.0237. The second kappa shape index (κ2) is 8.76. The number of benzene rings is 2. The summed E-state index contributed by atoms with van der Waals surface area (Å²) >= 11 is 11.9. The molecule has 1 aliphatic rings. The van der Waals surface area contributed by atoms with Crippen LogP contribution in [0.4, 0.5) is 11.4 Å². The summed E-state index contributed by atoms with van der Waals surface area (Å²) in [5.41, 5.74) is 3.19. The molecule has 1 aliphatic heterocycles. The van der Waals surface area contributed by atoms with Crippen molar-refractivity contribution in [2.75, 3.05) is 42.9 Å². The van der Waals surface area contributed by atoms with Crippen molar-refractivity contribution in [3.63, 3.8) is 0 Å². The van der Waals surface area contributed by atoms with Gasteiger partial charge in [-0.05, 0) is 42.8 Å². The normalized spacial score (nSPS) is 15.1. The van der Waals surface area contributed by atoms with Crippen LogP contribution in [0.25, 0.3) is 0 Å². The van der Waals surface area contributed by atoms with Crippen molar-refractivity contribution >= 4 is 40.5 Å². The number of nitrogens with zero attached hydrogens (tertiary/aromatic N) is 2. The van der Waals surface area contributed by atoms with Crippen molar-refractivity contribution in [1.82, 2.24) is 4.90 Å². The minimum atomic E-state index is -0.0237. The number of amides is 1. The SMILES string of the molecule is Cc1cccc(N2CCN(CCC(=O)Nc3cc(Cl)cc(Cl)c3)CC2)c1. The van der Waals surface area contributed by atoms with Gasteiger partial charge in [-0.3, -0.25) is 9.69 Å². The molecule has 0 aromatic heterocycles. The molecule has 1 fully saturated rings. The quantitative estimate of drug-likeness (QED) is 0.817. The predicted octanol–water partition coefficient (Wildman–Crippen LogP) is 4.45. The lowest BCUT2D eigenvalue weighted by atomic mass is 10.2. The fraction of sp³-hybridized carbons (Fsp3) is 0.350. The van der Waals surface area contributed by atoms with E-state index in [1.54, 1.807) is 18.2 Å². The Morgan fingerprint density at radius 3 is 2.38 bits per heavy atom. The summed E-state index contributed by atoms with van der Waals surface area (Å²) in [6.45, 7) is 6.76. The molecule has 0 aliphatic carbocycles. The van der Waals surface area contributed by atoms with E-state index in [4.69, 9.17) is 23.2 Å². The van der Waals surface area contributed by atoms with Crippen LogP contribution in [0.15, 0.2) is 42.5 Å². The first kappa shape index (κ1) is 19.0. The van der Waals surface area contributed by atoms with Gasteiger partial charge >= 0.3 is 0 Å². The number of piperazine rings is 1. The summed E-state index contributed by atoms with van der Waals surface area (Å²) in [6, 6.07) is 13.6. The largest absolute Gasteiger partial charge is 0.369 e. The molecule has 0 radical (unpaired) electrons. The number of carbonyl (C=O) groups excluding carboxylic acids is 1. The van der Waals surface area contributed by atoms with Crippen LogP contribution < -0.4 is 10.2 Å². The maximum Gasteiger partial charge on any atom is 0.225 e. The molecule has 0 bridgehead atoms. The first-order valence-electron chi connectivity index (χ1n) is 8.79. The number of aryl methyl sites for hydroxylation is 1. The highest BCUT2D eigenvalue weighted by molar-refractivity contribution is 6.35. The molecular formula is C20H23Cl2N3O. The van der Waals surface area contributed by atoms with Crippen molar-refractivity contribution < 1.29 is 4.79 Å². The lowest BCUT2D eigenvalue weighted by Crippen LogP contribution is -2.47. The first-order chi connectivity index (χ1) is 12.5. The molecule has 26 heavy (non-hydrogen) atoms. The lowest BCUT2D eigenvalue weighted by Gasteiger charge is -2.36. The molecule has 138 valence electrons. The Hall–Kier alpha value is -1.75. The monoisotopic (exact) mass is 391 g/mol. The van der Waals surface area contributed by atoms with E-state index < -0.39 is 0 Å². The lowest BCUT2D eigenvalue weighted by molar-refractivity contribution is -0.116. The standard InChI is InChI=1S/C20H23Cl2N3O/c1-15-3-2-4-19(11-15)25-9-7-24(8-10-25)6-5-20(26)23-18-13-16(21)12-17(22)14-18/h2-4,11-14H,5-10H2,1H3,(H,23,26). The summed E-state index contributed by atoms with van der Waals surface area (Å²) in [4.78, 5) is 16.9. The second-order valence-corrected chi connectivity index (χ2v) is 7.50. The molecule has 3 rings (SSSR count). The highest BCUT2D eigenvalue weighted by Gasteiger charge is 2.18. The Morgan fingerprint density at radius 2 is 1.73 bits per heavy atom. The van der Waals surface area contributed by atoms with Crippen molar-refractivity contribution in [2.45, 2.75) is 13.3 Å². The van der Waals surface area contributed by atoms with Gasteiger partial charge in [0.2, 0.25) is 5.91 Å². The molecule has 0 saturated carbocycles. The van der Waals surface area contributed by atoms with Crippen molar-refractivity contribution in [3.8, 4) is 0 Å². The van der Waals surface area contributed by atoms with Gasteiger partial charge in [-0.25, -0.2) is 0 Å². The van der Waals surface area contributed by atoms with Crippen LogP contribution in [0.5, 0.6) is 0 Å². The molecule has 1 amide bonds. The number of hydrogen-bond acceptors (Lipinski definition) is 3. The average molecular weight is 392 g/mol. The summed E-state index contributed by atoms with van der Waals surface area (Å²) in [5, 5.41) is 3.89. The number of rotatable bonds is 5. The summed E-state index contributed by atoms with van der Waals surface area (Å²) in [5.74, 6) is -0.0237. The molecule has 4 nitrogen and oxygen atoms in total. The van der Waals surface area contributed by atoms with E-state index in [1.165, 1.54) is 11.3 Å². The summed E-state index contributed by atoms with van der Waals surface area (Å²) in [6.07, 6.45) is 0.453. The van der Waals surface area contributed by atoms with Crippen molar-refractivity contribution in [3.05, 3.63) is 58.1 Å². The molecule has 2 aromatic rings. The molecule has 0 spiro atoms. The van der Waals surface area contributed by atoms with E-state index in [0.717, 1.165) is 32.7 Å². The van der Waals surface area contributed by atoms with Crippen LogP contribution in [0.2, 0.25) is 10.0 Å². The van der Waals surface area contributed by atoms with Crippen LogP contribution in [0, 0.1) is 6.92 Å². The molecule has 1 saturated heterocycles. The minimum Gasteiger partial charge on any atom is -0.369 e. The van der Waals surface area contributed by atoms with Crippen LogP contribution in [-0.4, -0.2) is 43.5 Å². The van der Waals surface area contributed by atoms with E-state index in [1.807, 2.05) is 0 Å². The zero-order valence-corrected chi connectivity index (χ0v) is 16.4. The van der Waals surface area contributed by atoms with Gasteiger partial charge in [0, 0.05) is 60.6 Å². The third-order valence-electron chi connectivity index (χ3n) is 4.54. The van der Waals surface area contributed by atoms with Crippen LogP contribution >= 0.6 is 23.2 Å². The predicted molar refractivity (Wildman–Crippen MR) is 110 cm³/mol. The number of halogens is 2. The van der Waals surface area contributed by atoms with E-state index in [-0.39, 0.29) is 5.91 Å². The van der Waals surface area contributed by atoms with Gasteiger partial charge in [-0.1, -0.05) is 35.3 Å². The highest BCUT2D eigenvalue weighted by atomic mass is 35.5. The van der Waals surface area contributed by atoms with E-state index in [9.17, 15) is 4.79 Å². The third kappa shape index (κ3) is 5.37. The van der Waals surface area contributed by atoms with E-state index >= 15 is 0 Å². The van der Waals surface area contributed by atoms with Crippen LogP contribution in [-0.2, 0) is 4.79 Å². The van der Waals surface area contributed by atoms with Gasteiger partial charge < -0.3 is 10.2 Å². The van der Waals surface area contributed by atoms with Gasteiger partial charge in [0.1, 0.15) is 0 Å². The second-order valence-electron chi connectivity index (χ2n) is 6.62. The molecule has 6 heteroatoms. The highest BCUT2D eigenvalue weighted by Crippen LogP contribution is 2.22. The maximum absolute atomic E-state index is 12.2. The van der Waals surface area contributed by atoms with Gasteiger partial charge in [-0.2, -0.15) is 0 Å². The summed E-state index contributed by atoms with van der Waals surface area (Å²) in [7, 11) is 0. The molecule has 2 aromatic carbocycles. The number of carbonyl (C=O) groups is 1. The number of hydrogen-bond donors (Lipinski definition) is 1. The fourth-order valence-corrected chi connectivity index (χ4v) is 3.69. The first-order valence-corrected chi connectivity index (χ1v) is 9.55. The Labute approximate surface area is 164 Å². The summed E-state index contributed by atoms with van der Waals surface area (Å²) < 4.78 is 0. The topological polar surface area (TPSA) is 35.6 Å². The number of anilines is 2. The molecule has 0 atom stereocenters. The molecule has 1 heterocycles. The number of nitrogens with one attached hydrogen (secondary N) is 1. The fourth-order valence-electron chi connectivity index (χ4n) is 3.16. The zero-order chi connectivity index (χ0) is 18.5. The zero-order valence-electron chi connectivity index (χ0n) is 14.8. The van der Waals surface area contributed by atoms with Crippen LogP contribution in [0.3, 0.4) is 0 Å². The Bertz CT molecular complexity index is 753. The Kier molecular flexibility index (Phi) is 6.41. The third-order valence-corrected chi connectivity index (χ3v) is 4.98. The van der Waals surface area contributed by atoms with Gasteiger partial charge in [-0.15, -0.1) is 0 Å². The molecule has 1 N–H and O–H groups in total. The van der Waals surface area contributed by atoms with Gasteiger partial charge in [0.25, 0.3) is 0 Å². The van der Waals surface area contributed by atoms with Crippen molar-refractivity contribution in [1.29, 1.82) is 0 Å². The van der Waals surface area contributed by atoms with Gasteiger partial charge in [0.05, 0.1) is 0 Å². The van der Waals surface area contributed by atoms with E-state index in [2.05, 4.69) is 46.3 Å². The maximum atomic E-state index is 12.2. The average Bonchev–Trinajstić information content (AvgIpc) is 2.59. The Morgan fingerprint density at radius 1 is 1.04 bits per heavy atom. The Balaban J connectivity index is 1.44. The smallest absolute Gasteiger partial charge is 0.225 e. The van der Waals surface area contributed by atoms with Crippen molar-refractivity contribution in [2.24, 2.45) is 0 Å². The molecule has 0 unspecified atom stereocenters. The van der Waals surface area contributed by atoms with Crippen LogP contribution in [0.1, 0.15) is 12.0 Å². The molecular weight excluding hydrogens is 369 g/mol.